The zero-order valence-electron chi connectivity index (χ0n) is 22.9. The van der Waals surface area contributed by atoms with Crippen LogP contribution in [-0.2, 0) is 18.3 Å². The van der Waals surface area contributed by atoms with Crippen molar-refractivity contribution in [1.82, 2.24) is 25.4 Å². The maximum atomic E-state index is 12.1. The average molecular weight is 537 g/mol. The van der Waals surface area contributed by atoms with Gasteiger partial charge in [-0.25, -0.2) is 4.98 Å². The lowest BCUT2D eigenvalue weighted by Gasteiger charge is -2.37. The van der Waals surface area contributed by atoms with Gasteiger partial charge in [0.1, 0.15) is 18.2 Å². The molecule has 9 nitrogen and oxygen atoms in total. The van der Waals surface area contributed by atoms with Crippen LogP contribution in [0.15, 0.2) is 61.6 Å². The number of benzene rings is 2. The van der Waals surface area contributed by atoms with E-state index in [2.05, 4.69) is 58.7 Å². The van der Waals surface area contributed by atoms with Crippen LogP contribution >= 0.6 is 0 Å². The van der Waals surface area contributed by atoms with E-state index in [1.165, 1.54) is 6.33 Å². The fraction of sp³-hybridized carbons (Fsp3) is 0.355. The Hall–Kier alpha value is -4.42. The molecule has 206 valence electrons. The minimum Gasteiger partial charge on any atom is -0.399 e. The molecule has 6 N–H and O–H groups in total. The number of fused-ring (bicyclic) bond motifs is 2. The van der Waals surface area contributed by atoms with Crippen LogP contribution in [0.1, 0.15) is 70.2 Å². The van der Waals surface area contributed by atoms with Gasteiger partial charge in [0.15, 0.2) is 0 Å². The number of nitriles is 1. The van der Waals surface area contributed by atoms with Crippen molar-refractivity contribution in [2.45, 2.75) is 56.5 Å². The third-order valence-corrected chi connectivity index (χ3v) is 8.34. The molecular weight excluding hydrogens is 500 g/mol. The van der Waals surface area contributed by atoms with Gasteiger partial charge in [-0.3, -0.25) is 9.89 Å². The van der Waals surface area contributed by atoms with Crippen molar-refractivity contribution in [2.24, 2.45) is 11.5 Å². The number of amides is 1. The predicted octanol–water partition coefficient (Wildman–Crippen LogP) is 3.14. The van der Waals surface area contributed by atoms with Crippen molar-refractivity contribution in [1.29, 1.82) is 5.26 Å². The molecule has 1 amide bonds. The van der Waals surface area contributed by atoms with E-state index < -0.39 is 11.3 Å². The number of hydrogen-bond donors (Lipinski definition) is 4. The van der Waals surface area contributed by atoms with Gasteiger partial charge in [0.25, 0.3) is 0 Å². The summed E-state index contributed by atoms with van der Waals surface area (Å²) in [5.41, 5.74) is 18.2. The number of carbonyl (C=O) groups excluding carboxylic acids is 1. The number of likely N-dealkylation sites (tertiary alicyclic amines) is 1. The number of carbonyl (C=O) groups is 1. The van der Waals surface area contributed by atoms with Crippen molar-refractivity contribution in [2.75, 3.05) is 13.1 Å². The SMILES string of the molecule is C=C(N)c1ccc2c(c1)CCc1cc(C(N)=O)ccc1C2(C[C@H](C)NCC(=C)N1CCCC1C#N)c1ncn[nH]1. The third-order valence-electron chi connectivity index (χ3n) is 8.34. The molecule has 3 aromatic rings. The molecule has 0 bridgehead atoms. The predicted molar refractivity (Wildman–Crippen MR) is 155 cm³/mol. The second kappa shape index (κ2) is 11.0. The molecule has 40 heavy (non-hydrogen) atoms. The van der Waals surface area contributed by atoms with E-state index in [1.807, 2.05) is 18.2 Å². The van der Waals surface area contributed by atoms with Gasteiger partial charge < -0.3 is 21.7 Å². The summed E-state index contributed by atoms with van der Waals surface area (Å²) < 4.78 is 0. The molecule has 1 aromatic heterocycles. The maximum absolute atomic E-state index is 12.1. The normalized spacial score (nSPS) is 20.6. The summed E-state index contributed by atoms with van der Waals surface area (Å²) >= 11 is 0. The first kappa shape index (κ1) is 27.2. The highest BCUT2D eigenvalue weighted by Crippen LogP contribution is 2.47. The molecule has 0 saturated carbocycles. The van der Waals surface area contributed by atoms with E-state index in [0.29, 0.717) is 24.2 Å². The van der Waals surface area contributed by atoms with E-state index in [0.717, 1.165) is 71.6 Å². The lowest BCUT2D eigenvalue weighted by Crippen LogP contribution is -2.42. The molecule has 1 saturated heterocycles. The van der Waals surface area contributed by atoms with Crippen molar-refractivity contribution in [3.8, 4) is 6.07 Å². The van der Waals surface area contributed by atoms with Gasteiger partial charge in [-0.2, -0.15) is 10.4 Å². The van der Waals surface area contributed by atoms with Crippen molar-refractivity contribution in [3.05, 3.63) is 101 Å². The molecule has 0 radical (unpaired) electrons. The zero-order chi connectivity index (χ0) is 28.4. The van der Waals surface area contributed by atoms with E-state index >= 15 is 0 Å². The lowest BCUT2D eigenvalue weighted by molar-refractivity contribution is 0.1000. The molecule has 3 atom stereocenters. The number of hydrogen-bond acceptors (Lipinski definition) is 7. The molecule has 2 aliphatic rings. The fourth-order valence-electron chi connectivity index (χ4n) is 6.39. The van der Waals surface area contributed by atoms with Gasteiger partial charge in [0.2, 0.25) is 5.91 Å². The molecular formula is C31H36N8O. The average Bonchev–Trinajstić information content (AvgIpc) is 3.64. The van der Waals surface area contributed by atoms with Crippen LogP contribution in [0.3, 0.4) is 0 Å². The number of primary amides is 1. The Balaban J connectivity index is 1.58. The van der Waals surface area contributed by atoms with Gasteiger partial charge in [-0.15, -0.1) is 0 Å². The number of aryl methyl sites for hydroxylation is 2. The first-order chi connectivity index (χ1) is 19.2. The highest BCUT2D eigenvalue weighted by molar-refractivity contribution is 5.93. The minimum atomic E-state index is -0.696. The van der Waals surface area contributed by atoms with Crippen LogP contribution in [0, 0.1) is 11.3 Å². The van der Waals surface area contributed by atoms with Crippen LogP contribution in [0.4, 0.5) is 0 Å². The summed E-state index contributed by atoms with van der Waals surface area (Å²) in [6.45, 7) is 11.8. The van der Waals surface area contributed by atoms with E-state index in [1.54, 1.807) is 6.07 Å². The van der Waals surface area contributed by atoms with Crippen LogP contribution < -0.4 is 16.8 Å². The quantitative estimate of drug-likeness (QED) is 0.328. The van der Waals surface area contributed by atoms with Crippen LogP contribution in [-0.4, -0.2) is 51.2 Å². The summed E-state index contributed by atoms with van der Waals surface area (Å²) in [4.78, 5) is 18.9. The van der Waals surface area contributed by atoms with Gasteiger partial charge in [-0.05, 0) is 85.0 Å². The largest absolute Gasteiger partial charge is 0.399 e. The van der Waals surface area contributed by atoms with Crippen molar-refractivity contribution < 1.29 is 4.79 Å². The summed E-state index contributed by atoms with van der Waals surface area (Å²) in [7, 11) is 0. The Bertz CT molecular complexity index is 1420. The summed E-state index contributed by atoms with van der Waals surface area (Å²) in [6, 6.07) is 14.2. The number of nitrogens with two attached hydrogens (primary N) is 2. The smallest absolute Gasteiger partial charge is 0.248 e. The molecule has 2 unspecified atom stereocenters. The van der Waals surface area contributed by atoms with Crippen LogP contribution in [0.25, 0.3) is 5.70 Å². The molecule has 2 heterocycles. The standard InChI is InChI=1S/C31H36N8O/c1-19(35-17-20(2)39-12-4-5-26(39)16-32)15-31(30-36-18-37-38-30)27-10-8-22(21(3)33)13-23(27)6-7-24-14-25(29(34)40)9-11-28(24)31/h8-11,13-14,18-19,26,35H,2-7,12,15,17,33H2,1H3,(H2,34,40)(H,36,37,38)/t19-,26?,31?/m0/s1. The second-order valence-electron chi connectivity index (χ2n) is 10.9. The number of nitrogens with one attached hydrogen (secondary N) is 2. The summed E-state index contributed by atoms with van der Waals surface area (Å²) in [5.74, 6) is 0.266. The number of H-pyrrole nitrogens is 1. The Morgan fingerprint density at radius 1 is 1.20 bits per heavy atom. The van der Waals surface area contributed by atoms with E-state index in [-0.39, 0.29) is 12.1 Å². The summed E-state index contributed by atoms with van der Waals surface area (Å²) in [5, 5.41) is 20.6. The van der Waals surface area contributed by atoms with Gasteiger partial charge in [-0.1, -0.05) is 31.4 Å². The third kappa shape index (κ3) is 4.87. The van der Waals surface area contributed by atoms with Crippen molar-refractivity contribution in [3.63, 3.8) is 0 Å². The van der Waals surface area contributed by atoms with E-state index in [9.17, 15) is 10.1 Å². The Morgan fingerprint density at radius 2 is 1.88 bits per heavy atom. The van der Waals surface area contributed by atoms with Crippen LogP contribution in [0.5, 0.6) is 0 Å². The number of rotatable bonds is 9. The Kier molecular flexibility index (Phi) is 7.46. The van der Waals surface area contributed by atoms with Crippen LogP contribution in [0.2, 0.25) is 0 Å². The molecule has 1 fully saturated rings. The van der Waals surface area contributed by atoms with Gasteiger partial charge in [0.05, 0.1) is 11.5 Å². The molecule has 2 aromatic carbocycles. The minimum absolute atomic E-state index is 0.0174. The first-order valence-corrected chi connectivity index (χ1v) is 13.7. The monoisotopic (exact) mass is 536 g/mol. The number of nitrogens with zero attached hydrogens (tertiary/aromatic N) is 4. The number of aromatic amines is 1. The topological polar surface area (TPSA) is 150 Å². The maximum Gasteiger partial charge on any atom is 0.248 e. The molecule has 5 rings (SSSR count). The molecule has 1 aliphatic heterocycles. The number of aromatic nitrogens is 3. The highest BCUT2D eigenvalue weighted by Gasteiger charge is 2.44. The second-order valence-corrected chi connectivity index (χ2v) is 10.9. The Morgan fingerprint density at radius 3 is 2.48 bits per heavy atom. The van der Waals surface area contributed by atoms with E-state index in [4.69, 9.17) is 16.5 Å². The zero-order valence-corrected chi connectivity index (χ0v) is 22.9. The van der Waals surface area contributed by atoms with Gasteiger partial charge in [0, 0.05) is 36.1 Å². The Labute approximate surface area is 235 Å². The first-order valence-electron chi connectivity index (χ1n) is 13.7. The molecule has 1 aliphatic carbocycles. The fourth-order valence-corrected chi connectivity index (χ4v) is 6.39. The molecule has 0 spiro atoms. The summed E-state index contributed by atoms with van der Waals surface area (Å²) in [6.07, 6.45) is 5.53. The van der Waals surface area contributed by atoms with Crippen molar-refractivity contribution >= 4 is 11.6 Å². The highest BCUT2D eigenvalue weighted by atomic mass is 16.1. The van der Waals surface area contributed by atoms with Gasteiger partial charge >= 0.3 is 0 Å². The lowest BCUT2D eigenvalue weighted by atomic mass is 9.67. The molecule has 9 heteroatoms.